The number of rotatable bonds is 3. The highest BCUT2D eigenvalue weighted by molar-refractivity contribution is 5.49. The predicted molar refractivity (Wildman–Crippen MR) is 76.5 cm³/mol. The van der Waals surface area contributed by atoms with Crippen molar-refractivity contribution in [2.45, 2.75) is 25.3 Å². The molecule has 104 valence electrons. The van der Waals surface area contributed by atoms with Crippen LogP contribution in [0.2, 0.25) is 0 Å². The number of fused-ring (bicyclic) bond motifs is 1. The number of anilines is 1. The number of halogens is 1. The largest absolute Gasteiger partial charge is 0.494 e. The first kappa shape index (κ1) is 12.9. The van der Waals surface area contributed by atoms with E-state index in [4.69, 9.17) is 4.74 Å². The minimum Gasteiger partial charge on any atom is -0.494 e. The second-order valence-corrected chi connectivity index (χ2v) is 4.99. The van der Waals surface area contributed by atoms with Crippen LogP contribution in [0.1, 0.15) is 30.1 Å². The number of nitrogens with zero attached hydrogens (tertiary/aromatic N) is 1. The molecular formula is C16H17FN2O. The number of nitrogens with one attached hydrogen (secondary N) is 1. The summed E-state index contributed by atoms with van der Waals surface area (Å²) in [6.07, 6.45) is 5.01. The molecule has 1 aliphatic rings. The number of aromatic nitrogens is 1. The summed E-state index contributed by atoms with van der Waals surface area (Å²) in [6.45, 7) is 0. The Labute approximate surface area is 117 Å². The molecule has 1 aromatic carbocycles. The average molecular weight is 272 g/mol. The lowest BCUT2D eigenvalue weighted by atomic mass is 9.92. The van der Waals surface area contributed by atoms with Crippen LogP contribution in [0.4, 0.5) is 10.1 Å². The molecule has 1 heterocycles. The van der Waals surface area contributed by atoms with Crippen LogP contribution in [0.25, 0.3) is 0 Å². The second kappa shape index (κ2) is 5.49. The summed E-state index contributed by atoms with van der Waals surface area (Å²) in [7, 11) is 1.47. The van der Waals surface area contributed by atoms with Crippen molar-refractivity contribution in [3.05, 3.63) is 53.6 Å². The molecule has 1 aliphatic carbocycles. The molecule has 0 fully saturated rings. The summed E-state index contributed by atoms with van der Waals surface area (Å²) in [6, 6.07) is 9.17. The zero-order valence-corrected chi connectivity index (χ0v) is 11.4. The van der Waals surface area contributed by atoms with E-state index in [0.29, 0.717) is 0 Å². The van der Waals surface area contributed by atoms with Crippen LogP contribution < -0.4 is 10.1 Å². The maximum atomic E-state index is 13.7. The fourth-order valence-electron chi connectivity index (χ4n) is 2.71. The molecule has 0 saturated carbocycles. The van der Waals surface area contributed by atoms with Gasteiger partial charge in [0.05, 0.1) is 18.8 Å². The third kappa shape index (κ3) is 2.46. The minimum atomic E-state index is -0.352. The number of aryl methyl sites for hydroxylation is 1. The van der Waals surface area contributed by atoms with Crippen molar-refractivity contribution in [1.29, 1.82) is 0 Å². The van der Waals surface area contributed by atoms with Crippen LogP contribution >= 0.6 is 0 Å². The first-order valence-electron chi connectivity index (χ1n) is 6.82. The molecule has 1 unspecified atom stereocenters. The molecule has 1 N–H and O–H groups in total. The molecule has 1 atom stereocenters. The molecule has 0 radical (unpaired) electrons. The predicted octanol–water partition coefficient (Wildman–Crippen LogP) is 3.72. The Hall–Kier alpha value is -2.10. The van der Waals surface area contributed by atoms with Crippen LogP contribution in [-0.2, 0) is 6.42 Å². The number of methoxy groups -OCH3 is 1. The molecule has 2 aromatic rings. The molecule has 0 saturated heterocycles. The van der Waals surface area contributed by atoms with Gasteiger partial charge < -0.3 is 10.1 Å². The Morgan fingerprint density at radius 2 is 2.25 bits per heavy atom. The average Bonchev–Trinajstić information content (AvgIpc) is 2.48. The summed E-state index contributed by atoms with van der Waals surface area (Å²) in [5.74, 6) is -0.0905. The molecule has 0 bridgehead atoms. The Morgan fingerprint density at radius 1 is 1.35 bits per heavy atom. The van der Waals surface area contributed by atoms with Gasteiger partial charge in [0.25, 0.3) is 0 Å². The van der Waals surface area contributed by atoms with Gasteiger partial charge >= 0.3 is 0 Å². The number of hydrogen-bond donors (Lipinski definition) is 1. The molecule has 1 aromatic heterocycles. The van der Waals surface area contributed by atoms with Crippen molar-refractivity contribution >= 4 is 5.69 Å². The van der Waals surface area contributed by atoms with E-state index in [1.54, 1.807) is 6.07 Å². The summed E-state index contributed by atoms with van der Waals surface area (Å²) in [4.78, 5) is 4.47. The fourth-order valence-corrected chi connectivity index (χ4v) is 2.71. The highest BCUT2D eigenvalue weighted by Gasteiger charge is 2.21. The summed E-state index contributed by atoms with van der Waals surface area (Å²) in [5.41, 5.74) is 3.12. The summed E-state index contributed by atoms with van der Waals surface area (Å²) >= 11 is 0. The van der Waals surface area contributed by atoms with Crippen LogP contribution in [0.15, 0.2) is 36.5 Å². The quantitative estimate of drug-likeness (QED) is 0.924. The van der Waals surface area contributed by atoms with E-state index in [1.807, 2.05) is 18.3 Å². The van der Waals surface area contributed by atoms with E-state index in [9.17, 15) is 4.39 Å². The Balaban J connectivity index is 1.84. The molecule has 3 rings (SSSR count). The summed E-state index contributed by atoms with van der Waals surface area (Å²) in [5, 5.41) is 3.37. The lowest BCUT2D eigenvalue weighted by molar-refractivity contribution is 0.386. The van der Waals surface area contributed by atoms with Crippen molar-refractivity contribution in [2.75, 3.05) is 12.4 Å². The SMILES string of the molecule is COc1ccc(NC2CCCc3cccnc32)cc1F. The van der Waals surface area contributed by atoms with Gasteiger partial charge in [0.1, 0.15) is 0 Å². The van der Waals surface area contributed by atoms with Crippen LogP contribution in [0, 0.1) is 5.82 Å². The van der Waals surface area contributed by atoms with Gasteiger partial charge in [-0.3, -0.25) is 4.98 Å². The van der Waals surface area contributed by atoms with Crippen molar-refractivity contribution in [1.82, 2.24) is 4.98 Å². The zero-order chi connectivity index (χ0) is 13.9. The third-order valence-corrected chi connectivity index (χ3v) is 3.69. The normalized spacial score (nSPS) is 17.4. The van der Waals surface area contributed by atoms with Gasteiger partial charge in [0.15, 0.2) is 11.6 Å². The van der Waals surface area contributed by atoms with Gasteiger partial charge in [-0.05, 0) is 43.0 Å². The Bertz CT molecular complexity index is 615. The van der Waals surface area contributed by atoms with E-state index in [2.05, 4.69) is 16.4 Å². The fraction of sp³-hybridized carbons (Fsp3) is 0.312. The minimum absolute atomic E-state index is 0.146. The van der Waals surface area contributed by atoms with E-state index >= 15 is 0 Å². The van der Waals surface area contributed by atoms with Gasteiger partial charge in [-0.1, -0.05) is 6.07 Å². The van der Waals surface area contributed by atoms with Crippen LogP contribution in [0.5, 0.6) is 5.75 Å². The molecule has 0 aliphatic heterocycles. The number of hydrogen-bond acceptors (Lipinski definition) is 3. The lowest BCUT2D eigenvalue weighted by Gasteiger charge is -2.26. The van der Waals surface area contributed by atoms with Gasteiger partial charge in [-0.15, -0.1) is 0 Å². The lowest BCUT2D eigenvalue weighted by Crippen LogP contribution is -2.18. The van der Waals surface area contributed by atoms with Crippen LogP contribution in [-0.4, -0.2) is 12.1 Å². The van der Waals surface area contributed by atoms with E-state index in [1.165, 1.54) is 18.7 Å². The van der Waals surface area contributed by atoms with Gasteiger partial charge in [0.2, 0.25) is 0 Å². The van der Waals surface area contributed by atoms with Gasteiger partial charge in [-0.2, -0.15) is 0 Å². The monoisotopic (exact) mass is 272 g/mol. The number of ether oxygens (including phenoxy) is 1. The standard InChI is InChI=1S/C16H17FN2O/c1-20-15-8-7-12(10-13(15)17)19-14-6-2-4-11-5-3-9-18-16(11)14/h3,5,7-10,14,19H,2,4,6H2,1H3. The Kier molecular flexibility index (Phi) is 3.54. The highest BCUT2D eigenvalue weighted by Crippen LogP contribution is 2.31. The van der Waals surface area contributed by atoms with E-state index in [-0.39, 0.29) is 17.6 Å². The van der Waals surface area contributed by atoms with Gasteiger partial charge in [0, 0.05) is 18.0 Å². The maximum Gasteiger partial charge on any atom is 0.167 e. The van der Waals surface area contributed by atoms with Crippen molar-refractivity contribution in [2.24, 2.45) is 0 Å². The first-order valence-corrected chi connectivity index (χ1v) is 6.82. The molecule has 0 amide bonds. The van der Waals surface area contributed by atoms with Crippen molar-refractivity contribution < 1.29 is 9.13 Å². The van der Waals surface area contributed by atoms with Crippen molar-refractivity contribution in [3.8, 4) is 5.75 Å². The first-order chi connectivity index (χ1) is 9.78. The molecule has 3 nitrogen and oxygen atoms in total. The zero-order valence-electron chi connectivity index (χ0n) is 11.4. The molecule has 0 spiro atoms. The van der Waals surface area contributed by atoms with E-state index < -0.39 is 0 Å². The summed E-state index contributed by atoms with van der Waals surface area (Å²) < 4.78 is 18.7. The maximum absolute atomic E-state index is 13.7. The third-order valence-electron chi connectivity index (χ3n) is 3.69. The van der Waals surface area contributed by atoms with Crippen molar-refractivity contribution in [3.63, 3.8) is 0 Å². The highest BCUT2D eigenvalue weighted by atomic mass is 19.1. The molecular weight excluding hydrogens is 255 g/mol. The number of benzene rings is 1. The topological polar surface area (TPSA) is 34.1 Å². The smallest absolute Gasteiger partial charge is 0.167 e. The number of pyridine rings is 1. The Morgan fingerprint density at radius 3 is 3.05 bits per heavy atom. The van der Waals surface area contributed by atoms with E-state index in [0.717, 1.165) is 30.6 Å². The molecule has 20 heavy (non-hydrogen) atoms. The van der Waals surface area contributed by atoms with Gasteiger partial charge in [-0.25, -0.2) is 4.39 Å². The molecule has 4 heteroatoms. The van der Waals surface area contributed by atoms with Crippen LogP contribution in [0.3, 0.4) is 0 Å². The second-order valence-electron chi connectivity index (χ2n) is 4.99.